The normalized spacial score (nSPS) is 19.2. The number of piperidine rings is 1. The molecule has 0 unspecified atom stereocenters. The number of carbonyl (C=O) groups excluding carboxylic acids is 1. The summed E-state index contributed by atoms with van der Waals surface area (Å²) in [7, 11) is 0. The first-order chi connectivity index (χ1) is 9.16. The van der Waals surface area contributed by atoms with Crippen LogP contribution in [0.15, 0.2) is 18.3 Å². The topological polar surface area (TPSA) is 63.2 Å². The zero-order valence-electron chi connectivity index (χ0n) is 11.5. The summed E-state index contributed by atoms with van der Waals surface area (Å²) in [5.74, 6) is 0.546. The van der Waals surface area contributed by atoms with Crippen LogP contribution in [0.25, 0.3) is 0 Å². The van der Waals surface area contributed by atoms with E-state index in [4.69, 9.17) is 4.74 Å². The highest BCUT2D eigenvalue weighted by Gasteiger charge is 2.22. The maximum atomic E-state index is 12.2. The number of ether oxygens (including phenoxy) is 1. The van der Waals surface area contributed by atoms with E-state index in [1.165, 1.54) is 0 Å². The van der Waals surface area contributed by atoms with Gasteiger partial charge in [-0.3, -0.25) is 4.79 Å². The van der Waals surface area contributed by atoms with Crippen molar-refractivity contribution in [1.82, 2.24) is 10.3 Å². The van der Waals surface area contributed by atoms with Gasteiger partial charge in [0.2, 0.25) is 11.8 Å². The fraction of sp³-hybridized carbons (Fsp3) is 0.571. The summed E-state index contributed by atoms with van der Waals surface area (Å²) < 4.78 is 5.59. The first-order valence-corrected chi connectivity index (χ1v) is 6.80. The molecule has 0 radical (unpaired) electrons. The van der Waals surface area contributed by atoms with Gasteiger partial charge in [-0.25, -0.2) is 4.98 Å². The van der Waals surface area contributed by atoms with Crippen LogP contribution in [0.1, 0.15) is 26.7 Å². The molecule has 1 aromatic rings. The standard InChI is InChI=1S/C14H21N3O2/c1-10(2)19-14-12(6-4-8-16-14)17-13(18)11-5-3-7-15-9-11/h4,6,8,10-11,15H,3,5,7,9H2,1-2H3,(H,17,18)/t11-/m1/s1. The number of amides is 1. The molecule has 1 fully saturated rings. The van der Waals surface area contributed by atoms with Crippen LogP contribution in [0.5, 0.6) is 5.88 Å². The van der Waals surface area contributed by atoms with E-state index in [-0.39, 0.29) is 17.9 Å². The van der Waals surface area contributed by atoms with Crippen LogP contribution in [-0.2, 0) is 4.79 Å². The molecule has 2 N–H and O–H groups in total. The quantitative estimate of drug-likeness (QED) is 0.869. The Morgan fingerprint density at radius 2 is 2.42 bits per heavy atom. The van der Waals surface area contributed by atoms with Crippen molar-refractivity contribution in [2.24, 2.45) is 5.92 Å². The Labute approximate surface area is 113 Å². The molecule has 1 aliphatic rings. The second-order valence-corrected chi connectivity index (χ2v) is 5.06. The Hall–Kier alpha value is -1.62. The van der Waals surface area contributed by atoms with Gasteiger partial charge in [-0.05, 0) is 45.4 Å². The summed E-state index contributed by atoms with van der Waals surface area (Å²) >= 11 is 0. The fourth-order valence-electron chi connectivity index (χ4n) is 2.11. The summed E-state index contributed by atoms with van der Waals surface area (Å²) in [6.07, 6.45) is 3.66. The Kier molecular flexibility index (Phi) is 4.74. The van der Waals surface area contributed by atoms with Gasteiger partial charge in [-0.2, -0.15) is 0 Å². The number of rotatable bonds is 4. The minimum absolute atomic E-state index is 0.0286. The van der Waals surface area contributed by atoms with E-state index in [9.17, 15) is 4.79 Å². The number of pyridine rings is 1. The molecule has 1 amide bonds. The van der Waals surface area contributed by atoms with Gasteiger partial charge in [0, 0.05) is 12.7 Å². The number of anilines is 1. The molecular weight excluding hydrogens is 242 g/mol. The van der Waals surface area contributed by atoms with Crippen molar-refractivity contribution in [2.75, 3.05) is 18.4 Å². The Morgan fingerprint density at radius 3 is 3.11 bits per heavy atom. The predicted molar refractivity (Wildman–Crippen MR) is 74.2 cm³/mol. The van der Waals surface area contributed by atoms with Crippen molar-refractivity contribution in [3.8, 4) is 5.88 Å². The third-order valence-electron chi connectivity index (χ3n) is 3.04. The number of hydrogen-bond donors (Lipinski definition) is 2. The van der Waals surface area contributed by atoms with E-state index in [1.807, 2.05) is 19.9 Å². The maximum absolute atomic E-state index is 12.2. The van der Waals surface area contributed by atoms with Gasteiger partial charge >= 0.3 is 0 Å². The van der Waals surface area contributed by atoms with Crippen LogP contribution >= 0.6 is 0 Å². The van der Waals surface area contributed by atoms with Crippen LogP contribution in [0.3, 0.4) is 0 Å². The van der Waals surface area contributed by atoms with Crippen LogP contribution < -0.4 is 15.4 Å². The van der Waals surface area contributed by atoms with E-state index in [0.717, 1.165) is 25.9 Å². The molecular formula is C14H21N3O2. The van der Waals surface area contributed by atoms with Crippen LogP contribution in [0.2, 0.25) is 0 Å². The number of carbonyl (C=O) groups is 1. The van der Waals surface area contributed by atoms with Gasteiger partial charge in [-0.15, -0.1) is 0 Å². The van der Waals surface area contributed by atoms with Gasteiger partial charge in [0.05, 0.1) is 12.0 Å². The molecule has 0 saturated carbocycles. The largest absolute Gasteiger partial charge is 0.473 e. The highest BCUT2D eigenvalue weighted by atomic mass is 16.5. The lowest BCUT2D eigenvalue weighted by Gasteiger charge is -2.22. The van der Waals surface area contributed by atoms with E-state index < -0.39 is 0 Å². The summed E-state index contributed by atoms with van der Waals surface area (Å²) in [5, 5.41) is 6.16. The van der Waals surface area contributed by atoms with Crippen LogP contribution in [-0.4, -0.2) is 30.1 Å². The Bertz CT molecular complexity index is 428. The molecule has 1 aromatic heterocycles. The molecule has 5 heteroatoms. The van der Waals surface area contributed by atoms with Gasteiger partial charge in [0.25, 0.3) is 0 Å². The van der Waals surface area contributed by atoms with Crippen molar-refractivity contribution in [1.29, 1.82) is 0 Å². The van der Waals surface area contributed by atoms with Gasteiger partial charge < -0.3 is 15.4 Å². The zero-order valence-corrected chi connectivity index (χ0v) is 11.5. The third kappa shape index (κ3) is 3.92. The average Bonchev–Trinajstić information content (AvgIpc) is 2.41. The SMILES string of the molecule is CC(C)Oc1ncccc1NC(=O)[C@@H]1CCCNC1. The van der Waals surface area contributed by atoms with Crippen LogP contribution in [0, 0.1) is 5.92 Å². The smallest absolute Gasteiger partial charge is 0.238 e. The van der Waals surface area contributed by atoms with Gasteiger partial charge in [0.1, 0.15) is 5.69 Å². The van der Waals surface area contributed by atoms with Crippen LogP contribution in [0.4, 0.5) is 5.69 Å². The monoisotopic (exact) mass is 263 g/mol. The number of aromatic nitrogens is 1. The van der Waals surface area contributed by atoms with Crippen molar-refractivity contribution >= 4 is 11.6 Å². The number of hydrogen-bond acceptors (Lipinski definition) is 4. The Morgan fingerprint density at radius 1 is 1.58 bits per heavy atom. The molecule has 2 rings (SSSR count). The number of nitrogens with one attached hydrogen (secondary N) is 2. The third-order valence-corrected chi connectivity index (χ3v) is 3.04. The summed E-state index contributed by atoms with van der Waals surface area (Å²) in [5.41, 5.74) is 0.645. The van der Waals surface area contributed by atoms with Crippen molar-refractivity contribution < 1.29 is 9.53 Å². The highest BCUT2D eigenvalue weighted by molar-refractivity contribution is 5.93. The Balaban J connectivity index is 2.03. The van der Waals surface area contributed by atoms with E-state index in [0.29, 0.717) is 11.6 Å². The first-order valence-electron chi connectivity index (χ1n) is 6.80. The van der Waals surface area contributed by atoms with E-state index in [2.05, 4.69) is 15.6 Å². The molecule has 19 heavy (non-hydrogen) atoms. The molecule has 0 aromatic carbocycles. The van der Waals surface area contributed by atoms with Gasteiger partial charge in [0.15, 0.2) is 0 Å². The fourth-order valence-corrected chi connectivity index (χ4v) is 2.11. The minimum Gasteiger partial charge on any atom is -0.473 e. The molecule has 1 atom stereocenters. The lowest BCUT2D eigenvalue weighted by atomic mass is 9.99. The van der Waals surface area contributed by atoms with Gasteiger partial charge in [-0.1, -0.05) is 0 Å². The molecule has 2 heterocycles. The lowest BCUT2D eigenvalue weighted by Crippen LogP contribution is -2.37. The van der Waals surface area contributed by atoms with Crippen molar-refractivity contribution in [3.05, 3.63) is 18.3 Å². The van der Waals surface area contributed by atoms with Crippen molar-refractivity contribution in [2.45, 2.75) is 32.8 Å². The second-order valence-electron chi connectivity index (χ2n) is 5.06. The van der Waals surface area contributed by atoms with E-state index >= 15 is 0 Å². The average molecular weight is 263 g/mol. The molecule has 104 valence electrons. The van der Waals surface area contributed by atoms with E-state index in [1.54, 1.807) is 12.3 Å². The second kappa shape index (κ2) is 6.52. The summed E-state index contributed by atoms with van der Waals surface area (Å²) in [4.78, 5) is 16.3. The molecule has 5 nitrogen and oxygen atoms in total. The maximum Gasteiger partial charge on any atom is 0.238 e. The highest BCUT2D eigenvalue weighted by Crippen LogP contribution is 2.23. The molecule has 1 aliphatic heterocycles. The summed E-state index contributed by atoms with van der Waals surface area (Å²) in [6.45, 7) is 5.61. The first kappa shape index (κ1) is 13.8. The predicted octanol–water partition coefficient (Wildman–Crippen LogP) is 1.81. The molecule has 0 aliphatic carbocycles. The molecule has 0 spiro atoms. The summed E-state index contributed by atoms with van der Waals surface area (Å²) in [6, 6.07) is 3.61. The zero-order chi connectivity index (χ0) is 13.7. The lowest BCUT2D eigenvalue weighted by molar-refractivity contribution is -0.120. The molecule has 1 saturated heterocycles. The molecule has 0 bridgehead atoms. The minimum atomic E-state index is 0.0286. The van der Waals surface area contributed by atoms with Crippen molar-refractivity contribution in [3.63, 3.8) is 0 Å². The number of nitrogens with zero attached hydrogens (tertiary/aromatic N) is 1.